The standard InChI is InChI=1S/C7H13N3O/c1-5(2)7-10-6(4-11-7)3-8-9-10/h5-7H,3-4H2,1-2H3/t6-,7-/m1/s1. The minimum Gasteiger partial charge on any atom is -0.354 e. The summed E-state index contributed by atoms with van der Waals surface area (Å²) < 4.78 is 5.55. The van der Waals surface area contributed by atoms with Crippen LogP contribution < -0.4 is 0 Å². The Hall–Kier alpha value is -0.640. The predicted octanol–water partition coefficient (Wildman–Crippen LogP) is 1.05. The molecule has 4 heteroatoms. The molecule has 2 aliphatic heterocycles. The Morgan fingerprint density at radius 3 is 3.09 bits per heavy atom. The summed E-state index contributed by atoms with van der Waals surface area (Å²) in [5, 5.41) is 10.00. The SMILES string of the molecule is CC(C)[C@H]1OC[C@H]2CN=NN21. The molecule has 0 aromatic rings. The van der Waals surface area contributed by atoms with Gasteiger partial charge in [0.2, 0.25) is 0 Å². The molecule has 1 saturated heterocycles. The van der Waals surface area contributed by atoms with E-state index in [4.69, 9.17) is 4.74 Å². The van der Waals surface area contributed by atoms with E-state index in [1.807, 2.05) is 5.01 Å². The second kappa shape index (κ2) is 2.44. The monoisotopic (exact) mass is 155 g/mol. The van der Waals surface area contributed by atoms with Crippen LogP contribution in [0.4, 0.5) is 0 Å². The van der Waals surface area contributed by atoms with Crippen LogP contribution in [0.5, 0.6) is 0 Å². The van der Waals surface area contributed by atoms with Crippen LogP contribution in [0.25, 0.3) is 0 Å². The second-order valence-corrected chi connectivity index (χ2v) is 3.42. The maximum Gasteiger partial charge on any atom is 0.150 e. The normalized spacial score (nSPS) is 35.4. The van der Waals surface area contributed by atoms with Crippen molar-refractivity contribution in [2.45, 2.75) is 26.1 Å². The fourth-order valence-electron chi connectivity index (χ4n) is 1.53. The molecule has 62 valence electrons. The highest BCUT2D eigenvalue weighted by Crippen LogP contribution is 2.26. The molecule has 4 nitrogen and oxygen atoms in total. The minimum absolute atomic E-state index is 0.159. The highest BCUT2D eigenvalue weighted by atomic mass is 16.5. The zero-order valence-electron chi connectivity index (χ0n) is 6.90. The lowest BCUT2D eigenvalue weighted by molar-refractivity contribution is -0.00367. The lowest BCUT2D eigenvalue weighted by Gasteiger charge is -2.21. The quantitative estimate of drug-likeness (QED) is 0.567. The molecule has 0 aromatic heterocycles. The highest BCUT2D eigenvalue weighted by Gasteiger charge is 2.38. The lowest BCUT2D eigenvalue weighted by Crippen LogP contribution is -2.33. The van der Waals surface area contributed by atoms with Crippen LogP contribution in [0, 0.1) is 5.92 Å². The van der Waals surface area contributed by atoms with Crippen molar-refractivity contribution in [1.82, 2.24) is 5.01 Å². The molecule has 0 unspecified atom stereocenters. The van der Waals surface area contributed by atoms with Crippen LogP contribution in [-0.2, 0) is 4.74 Å². The van der Waals surface area contributed by atoms with Gasteiger partial charge in [-0.3, -0.25) is 0 Å². The van der Waals surface area contributed by atoms with E-state index >= 15 is 0 Å². The summed E-state index contributed by atoms with van der Waals surface area (Å²) in [6.45, 7) is 5.88. The Kier molecular flexibility index (Phi) is 1.56. The predicted molar refractivity (Wildman–Crippen MR) is 39.9 cm³/mol. The van der Waals surface area contributed by atoms with Gasteiger partial charge in [-0.25, -0.2) is 5.01 Å². The topological polar surface area (TPSA) is 37.2 Å². The summed E-state index contributed by atoms with van der Waals surface area (Å²) >= 11 is 0. The Labute approximate surface area is 66.2 Å². The van der Waals surface area contributed by atoms with Crippen molar-refractivity contribution in [3.63, 3.8) is 0 Å². The van der Waals surface area contributed by atoms with Gasteiger partial charge in [0.25, 0.3) is 0 Å². The fourth-order valence-corrected chi connectivity index (χ4v) is 1.53. The fraction of sp³-hybridized carbons (Fsp3) is 1.00. The number of nitrogens with zero attached hydrogens (tertiary/aromatic N) is 3. The summed E-state index contributed by atoms with van der Waals surface area (Å²) in [5.41, 5.74) is 0. The van der Waals surface area contributed by atoms with Crippen molar-refractivity contribution in [2.24, 2.45) is 16.3 Å². The van der Waals surface area contributed by atoms with E-state index in [9.17, 15) is 0 Å². The molecule has 2 rings (SSSR count). The van der Waals surface area contributed by atoms with E-state index in [0.717, 1.165) is 13.2 Å². The van der Waals surface area contributed by atoms with Crippen LogP contribution in [0.3, 0.4) is 0 Å². The van der Waals surface area contributed by atoms with Crippen molar-refractivity contribution in [1.29, 1.82) is 0 Å². The highest BCUT2D eigenvalue weighted by molar-refractivity contribution is 4.83. The molecular weight excluding hydrogens is 142 g/mol. The van der Waals surface area contributed by atoms with Gasteiger partial charge in [-0.1, -0.05) is 19.1 Å². The first-order chi connectivity index (χ1) is 5.29. The number of fused-ring (bicyclic) bond motifs is 1. The Balaban J connectivity index is 2.08. The Morgan fingerprint density at radius 2 is 2.36 bits per heavy atom. The second-order valence-electron chi connectivity index (χ2n) is 3.42. The van der Waals surface area contributed by atoms with E-state index in [2.05, 4.69) is 24.2 Å². The van der Waals surface area contributed by atoms with Gasteiger partial charge in [0.05, 0.1) is 19.2 Å². The molecule has 2 atom stereocenters. The smallest absolute Gasteiger partial charge is 0.150 e. The van der Waals surface area contributed by atoms with Crippen LogP contribution in [-0.4, -0.2) is 30.4 Å². The summed E-state index contributed by atoms with van der Waals surface area (Å²) in [4.78, 5) is 0. The van der Waals surface area contributed by atoms with E-state index < -0.39 is 0 Å². The molecule has 0 bridgehead atoms. The van der Waals surface area contributed by atoms with Crippen LogP contribution in [0.2, 0.25) is 0 Å². The zero-order valence-corrected chi connectivity index (χ0v) is 6.90. The molecular formula is C7H13N3O. The summed E-state index contributed by atoms with van der Waals surface area (Å²) in [5.74, 6) is 0.497. The van der Waals surface area contributed by atoms with Crippen molar-refractivity contribution in [3.8, 4) is 0 Å². The van der Waals surface area contributed by atoms with Crippen molar-refractivity contribution in [3.05, 3.63) is 0 Å². The van der Waals surface area contributed by atoms with Crippen LogP contribution in [0.1, 0.15) is 13.8 Å². The number of rotatable bonds is 1. The summed E-state index contributed by atoms with van der Waals surface area (Å²) in [6, 6.07) is 0.419. The Bertz CT molecular complexity index is 181. The van der Waals surface area contributed by atoms with Gasteiger partial charge in [-0.15, -0.1) is 0 Å². The molecule has 0 amide bonds. The number of ether oxygens (including phenoxy) is 1. The van der Waals surface area contributed by atoms with E-state index in [-0.39, 0.29) is 6.23 Å². The third kappa shape index (κ3) is 1.01. The molecule has 1 fully saturated rings. The molecule has 0 N–H and O–H groups in total. The van der Waals surface area contributed by atoms with E-state index in [0.29, 0.717) is 12.0 Å². The Morgan fingerprint density at radius 1 is 1.55 bits per heavy atom. The average Bonchev–Trinajstić information content (AvgIpc) is 2.41. The molecule has 0 spiro atoms. The molecule has 2 heterocycles. The van der Waals surface area contributed by atoms with Crippen molar-refractivity contribution >= 4 is 0 Å². The van der Waals surface area contributed by atoms with Crippen molar-refractivity contribution < 1.29 is 4.74 Å². The van der Waals surface area contributed by atoms with Gasteiger partial charge >= 0.3 is 0 Å². The minimum atomic E-state index is 0.159. The maximum absolute atomic E-state index is 5.55. The molecule has 2 aliphatic rings. The van der Waals surface area contributed by atoms with Gasteiger partial charge in [0.1, 0.15) is 6.23 Å². The number of hydrogen-bond acceptors (Lipinski definition) is 4. The van der Waals surface area contributed by atoms with Gasteiger partial charge in [0, 0.05) is 0 Å². The maximum atomic E-state index is 5.55. The van der Waals surface area contributed by atoms with Crippen LogP contribution in [0.15, 0.2) is 10.3 Å². The molecule has 0 saturated carbocycles. The van der Waals surface area contributed by atoms with Crippen molar-refractivity contribution in [2.75, 3.05) is 13.2 Å². The first kappa shape index (κ1) is 7.03. The van der Waals surface area contributed by atoms with E-state index in [1.165, 1.54) is 0 Å². The summed E-state index contributed by atoms with van der Waals surface area (Å²) in [6.07, 6.45) is 0.159. The molecule has 0 aliphatic carbocycles. The zero-order chi connectivity index (χ0) is 7.84. The summed E-state index contributed by atoms with van der Waals surface area (Å²) in [7, 11) is 0. The molecule has 0 aromatic carbocycles. The van der Waals surface area contributed by atoms with Gasteiger partial charge < -0.3 is 4.74 Å². The molecule has 0 radical (unpaired) electrons. The third-order valence-corrected chi connectivity index (χ3v) is 2.12. The lowest BCUT2D eigenvalue weighted by atomic mass is 10.2. The largest absolute Gasteiger partial charge is 0.354 e. The van der Waals surface area contributed by atoms with Gasteiger partial charge in [-0.2, -0.15) is 5.11 Å². The first-order valence-corrected chi connectivity index (χ1v) is 4.06. The third-order valence-electron chi connectivity index (χ3n) is 2.12. The van der Waals surface area contributed by atoms with Crippen LogP contribution >= 0.6 is 0 Å². The average molecular weight is 155 g/mol. The van der Waals surface area contributed by atoms with Gasteiger partial charge in [0.15, 0.2) is 0 Å². The van der Waals surface area contributed by atoms with Gasteiger partial charge in [-0.05, 0) is 5.92 Å². The molecule has 11 heavy (non-hydrogen) atoms. The van der Waals surface area contributed by atoms with E-state index in [1.54, 1.807) is 0 Å². The number of hydrogen-bond donors (Lipinski definition) is 0. The first-order valence-electron chi connectivity index (χ1n) is 4.06.